The zero-order valence-electron chi connectivity index (χ0n) is 14.4. The summed E-state index contributed by atoms with van der Waals surface area (Å²) < 4.78 is 1.81. The molecule has 1 fully saturated rings. The second-order valence-electron chi connectivity index (χ2n) is 6.24. The molecule has 7 nitrogen and oxygen atoms in total. The normalized spacial score (nSPS) is 14.9. The van der Waals surface area contributed by atoms with E-state index in [1.165, 1.54) is 0 Å². The van der Waals surface area contributed by atoms with Gasteiger partial charge in [0.2, 0.25) is 5.91 Å². The highest BCUT2D eigenvalue weighted by Gasteiger charge is 2.21. The summed E-state index contributed by atoms with van der Waals surface area (Å²) in [5.41, 5.74) is 1.68. The van der Waals surface area contributed by atoms with Gasteiger partial charge in [-0.25, -0.2) is 4.98 Å². The summed E-state index contributed by atoms with van der Waals surface area (Å²) >= 11 is 0. The molecule has 0 bridgehead atoms. The summed E-state index contributed by atoms with van der Waals surface area (Å²) in [6.07, 6.45) is 6.77. The monoisotopic (exact) mass is 338 g/mol. The van der Waals surface area contributed by atoms with Crippen molar-refractivity contribution in [3.8, 4) is 6.07 Å². The number of pyridine rings is 1. The van der Waals surface area contributed by atoms with Crippen LogP contribution in [0.3, 0.4) is 0 Å². The molecule has 0 aromatic carbocycles. The Morgan fingerprint density at radius 3 is 2.96 bits per heavy atom. The largest absolute Gasteiger partial charge is 0.354 e. The van der Waals surface area contributed by atoms with Crippen molar-refractivity contribution in [3.63, 3.8) is 0 Å². The number of rotatable bonds is 4. The van der Waals surface area contributed by atoms with Gasteiger partial charge >= 0.3 is 0 Å². The fraction of sp³-hybridized carbons (Fsp3) is 0.444. The number of carbonyl (C=O) groups is 1. The van der Waals surface area contributed by atoms with Crippen LogP contribution in [-0.2, 0) is 11.3 Å². The number of anilines is 1. The van der Waals surface area contributed by atoms with Crippen LogP contribution in [0.4, 0.5) is 5.82 Å². The van der Waals surface area contributed by atoms with Crippen LogP contribution < -0.4 is 4.90 Å². The molecule has 130 valence electrons. The molecule has 25 heavy (non-hydrogen) atoms. The second-order valence-corrected chi connectivity index (χ2v) is 6.24. The lowest BCUT2D eigenvalue weighted by Crippen LogP contribution is -2.36. The van der Waals surface area contributed by atoms with Crippen LogP contribution in [0.15, 0.2) is 30.7 Å². The maximum absolute atomic E-state index is 12.5. The van der Waals surface area contributed by atoms with E-state index in [-0.39, 0.29) is 5.91 Å². The number of aromatic nitrogens is 3. The van der Waals surface area contributed by atoms with E-state index in [4.69, 9.17) is 0 Å². The summed E-state index contributed by atoms with van der Waals surface area (Å²) in [6, 6.07) is 5.74. The zero-order valence-corrected chi connectivity index (χ0v) is 14.4. The van der Waals surface area contributed by atoms with Crippen molar-refractivity contribution in [1.29, 1.82) is 5.26 Å². The lowest BCUT2D eigenvalue weighted by Gasteiger charge is -2.23. The molecular weight excluding hydrogens is 316 g/mol. The van der Waals surface area contributed by atoms with E-state index < -0.39 is 0 Å². The highest BCUT2D eigenvalue weighted by atomic mass is 16.2. The first-order valence-corrected chi connectivity index (χ1v) is 8.54. The summed E-state index contributed by atoms with van der Waals surface area (Å²) in [5.74, 6) is 0.864. The van der Waals surface area contributed by atoms with E-state index in [1.54, 1.807) is 24.5 Å². The van der Waals surface area contributed by atoms with Crippen molar-refractivity contribution in [1.82, 2.24) is 19.7 Å². The molecule has 0 unspecified atom stereocenters. The third kappa shape index (κ3) is 4.15. The Labute approximate surface area is 147 Å². The predicted molar refractivity (Wildman–Crippen MR) is 93.9 cm³/mol. The van der Waals surface area contributed by atoms with Crippen LogP contribution in [0.5, 0.6) is 0 Å². The van der Waals surface area contributed by atoms with E-state index in [2.05, 4.69) is 21.1 Å². The number of amides is 1. The Hall–Kier alpha value is -2.88. The smallest absolute Gasteiger partial charge is 0.224 e. The molecular formula is C18H22N6O. The number of carbonyl (C=O) groups excluding carboxylic acids is 1. The molecule has 2 aromatic heterocycles. The van der Waals surface area contributed by atoms with Gasteiger partial charge in [0.25, 0.3) is 0 Å². The highest BCUT2D eigenvalue weighted by molar-refractivity contribution is 5.76. The maximum atomic E-state index is 12.5. The van der Waals surface area contributed by atoms with Crippen LogP contribution >= 0.6 is 0 Å². The molecule has 0 N–H and O–H groups in total. The lowest BCUT2D eigenvalue weighted by atomic mass is 10.2. The maximum Gasteiger partial charge on any atom is 0.224 e. The van der Waals surface area contributed by atoms with Gasteiger partial charge in [0, 0.05) is 51.5 Å². The summed E-state index contributed by atoms with van der Waals surface area (Å²) in [4.78, 5) is 20.9. The molecule has 2 aromatic rings. The van der Waals surface area contributed by atoms with E-state index in [0.29, 0.717) is 37.4 Å². The molecule has 1 amide bonds. The highest BCUT2D eigenvalue weighted by Crippen LogP contribution is 2.18. The Morgan fingerprint density at radius 2 is 2.20 bits per heavy atom. The Kier molecular flexibility index (Phi) is 5.29. The fourth-order valence-corrected chi connectivity index (χ4v) is 3.07. The van der Waals surface area contributed by atoms with Gasteiger partial charge in [0.05, 0.1) is 11.8 Å². The van der Waals surface area contributed by atoms with Gasteiger partial charge in [-0.1, -0.05) is 0 Å². The average Bonchev–Trinajstić information content (AvgIpc) is 2.90. The molecule has 0 atom stereocenters. The second kappa shape index (κ2) is 7.79. The van der Waals surface area contributed by atoms with Crippen LogP contribution in [-0.4, -0.2) is 51.8 Å². The molecule has 0 aliphatic carbocycles. The number of hydrogen-bond acceptors (Lipinski definition) is 5. The number of nitrogens with zero attached hydrogens (tertiary/aromatic N) is 6. The van der Waals surface area contributed by atoms with Gasteiger partial charge in [-0.3, -0.25) is 9.48 Å². The van der Waals surface area contributed by atoms with Crippen molar-refractivity contribution in [2.24, 2.45) is 0 Å². The lowest BCUT2D eigenvalue weighted by molar-refractivity contribution is -0.131. The van der Waals surface area contributed by atoms with Gasteiger partial charge in [0.1, 0.15) is 11.9 Å². The minimum Gasteiger partial charge on any atom is -0.354 e. The number of hydrogen-bond donors (Lipinski definition) is 0. The molecule has 0 radical (unpaired) electrons. The van der Waals surface area contributed by atoms with Crippen molar-refractivity contribution in [2.75, 3.05) is 31.1 Å². The van der Waals surface area contributed by atoms with Gasteiger partial charge in [-0.15, -0.1) is 0 Å². The first-order chi connectivity index (χ1) is 12.2. The van der Waals surface area contributed by atoms with Crippen molar-refractivity contribution < 1.29 is 4.79 Å². The van der Waals surface area contributed by atoms with Gasteiger partial charge in [-0.05, 0) is 31.0 Å². The average molecular weight is 338 g/mol. The van der Waals surface area contributed by atoms with Gasteiger partial charge in [-0.2, -0.15) is 10.4 Å². The topological polar surface area (TPSA) is 78.1 Å². The molecule has 1 aliphatic heterocycles. The predicted octanol–water partition coefficient (Wildman–Crippen LogP) is 1.59. The Bertz CT molecular complexity index is 778. The van der Waals surface area contributed by atoms with Crippen molar-refractivity contribution >= 4 is 11.7 Å². The zero-order chi connectivity index (χ0) is 17.6. The molecule has 7 heteroatoms. The van der Waals surface area contributed by atoms with Crippen LogP contribution in [0.1, 0.15) is 24.0 Å². The SMILES string of the molecule is Cc1cnn(CCC(=O)N2CCCN(c3ncccc3C#N)CC2)c1. The molecule has 3 heterocycles. The quantitative estimate of drug-likeness (QED) is 0.846. The number of aryl methyl sites for hydroxylation is 2. The van der Waals surface area contributed by atoms with Crippen LogP contribution in [0, 0.1) is 18.3 Å². The van der Waals surface area contributed by atoms with E-state index >= 15 is 0 Å². The first-order valence-electron chi connectivity index (χ1n) is 8.54. The third-order valence-corrected chi connectivity index (χ3v) is 4.37. The number of nitriles is 1. The Morgan fingerprint density at radius 1 is 1.32 bits per heavy atom. The molecule has 3 rings (SSSR count). The molecule has 1 saturated heterocycles. The fourth-order valence-electron chi connectivity index (χ4n) is 3.07. The van der Waals surface area contributed by atoms with Gasteiger partial charge < -0.3 is 9.80 Å². The van der Waals surface area contributed by atoms with Crippen LogP contribution in [0.2, 0.25) is 0 Å². The summed E-state index contributed by atoms with van der Waals surface area (Å²) in [5, 5.41) is 13.5. The minimum absolute atomic E-state index is 0.150. The third-order valence-electron chi connectivity index (χ3n) is 4.37. The van der Waals surface area contributed by atoms with Gasteiger partial charge in [0.15, 0.2) is 0 Å². The molecule has 1 aliphatic rings. The summed E-state index contributed by atoms with van der Waals surface area (Å²) in [7, 11) is 0. The minimum atomic E-state index is 0.150. The first kappa shape index (κ1) is 17.0. The molecule has 0 spiro atoms. The standard InChI is InChI=1S/C18H22N6O/c1-15-13-21-24(14-15)9-5-17(25)22-7-3-8-23(11-10-22)18-16(12-19)4-2-6-20-18/h2,4,6,13-14H,3,5,7-11H2,1H3. The summed E-state index contributed by atoms with van der Waals surface area (Å²) in [6.45, 7) is 5.47. The van der Waals surface area contributed by atoms with E-state index in [0.717, 1.165) is 25.1 Å². The van der Waals surface area contributed by atoms with E-state index in [1.807, 2.05) is 22.7 Å². The van der Waals surface area contributed by atoms with Crippen LogP contribution in [0.25, 0.3) is 0 Å². The van der Waals surface area contributed by atoms with E-state index in [9.17, 15) is 10.1 Å². The van der Waals surface area contributed by atoms with Crippen molar-refractivity contribution in [2.45, 2.75) is 26.3 Å². The molecule has 0 saturated carbocycles. The Balaban J connectivity index is 1.57. The van der Waals surface area contributed by atoms with Crippen molar-refractivity contribution in [3.05, 3.63) is 41.9 Å².